The Hall–Kier alpha value is -1.94. The average molecular weight is 271 g/mol. The number of hydrogen-bond acceptors (Lipinski definition) is 4. The fraction of sp³-hybridized carbons (Fsp3) is 0.375. The van der Waals surface area contributed by atoms with Gasteiger partial charge in [0.05, 0.1) is 0 Å². The number of aromatic nitrogens is 2. The maximum absolute atomic E-state index is 5.75. The van der Waals surface area contributed by atoms with Crippen molar-refractivity contribution in [2.45, 2.75) is 39.2 Å². The highest BCUT2D eigenvalue weighted by Crippen LogP contribution is 2.29. The van der Waals surface area contributed by atoms with Crippen LogP contribution in [0.3, 0.4) is 0 Å². The molecule has 0 atom stereocenters. The molecular formula is C16H21N3O. The zero-order valence-electron chi connectivity index (χ0n) is 12.3. The molecule has 2 rings (SSSR count). The summed E-state index contributed by atoms with van der Waals surface area (Å²) >= 11 is 0. The van der Waals surface area contributed by atoms with Crippen LogP contribution in [0.1, 0.15) is 38.4 Å². The predicted octanol–water partition coefficient (Wildman–Crippen LogP) is 3.42. The molecule has 1 aromatic heterocycles. The number of hydrogen-bond donors (Lipinski definition) is 1. The minimum atomic E-state index is 0.174. The molecule has 0 radical (unpaired) electrons. The highest BCUT2D eigenvalue weighted by Gasteiger charge is 2.17. The van der Waals surface area contributed by atoms with E-state index in [2.05, 4.69) is 42.9 Å². The summed E-state index contributed by atoms with van der Waals surface area (Å²) in [4.78, 5) is 8.32. The molecule has 0 unspecified atom stereocenters. The molecule has 1 heterocycles. The molecule has 106 valence electrons. The monoisotopic (exact) mass is 271 g/mol. The average Bonchev–Trinajstić information content (AvgIpc) is 2.48. The molecule has 0 saturated carbocycles. The van der Waals surface area contributed by atoms with Crippen LogP contribution in [0.5, 0.6) is 11.6 Å². The van der Waals surface area contributed by atoms with E-state index >= 15 is 0 Å². The second-order valence-corrected chi connectivity index (χ2v) is 5.38. The first kappa shape index (κ1) is 14.5. The summed E-state index contributed by atoms with van der Waals surface area (Å²) in [6.45, 7) is 6.97. The Morgan fingerprint density at radius 1 is 1.10 bits per heavy atom. The van der Waals surface area contributed by atoms with E-state index < -0.39 is 0 Å². The van der Waals surface area contributed by atoms with Crippen molar-refractivity contribution in [2.24, 2.45) is 5.73 Å². The topological polar surface area (TPSA) is 61.0 Å². The highest BCUT2D eigenvalue weighted by atomic mass is 16.5. The number of nitrogens with two attached hydrogens (primary N) is 1. The molecule has 20 heavy (non-hydrogen) atoms. The van der Waals surface area contributed by atoms with Crippen LogP contribution in [0.4, 0.5) is 0 Å². The first-order chi connectivity index (χ1) is 9.56. The first-order valence-corrected chi connectivity index (χ1v) is 6.85. The molecule has 0 saturated heterocycles. The molecule has 0 bridgehead atoms. The molecule has 0 aliphatic heterocycles. The smallest absolute Gasteiger partial charge is 0.242 e. The van der Waals surface area contributed by atoms with Gasteiger partial charge in [0.25, 0.3) is 0 Å². The molecule has 1 aromatic carbocycles. The van der Waals surface area contributed by atoms with E-state index in [4.69, 9.17) is 10.5 Å². The Balaban J connectivity index is 2.19. The standard InChI is InChI=1S/C16H21N3O/c1-4-16(2,3)12-5-7-13(8-6-12)20-15-14(11-17)18-9-10-19-15/h5-10H,4,11,17H2,1-3H3. The minimum absolute atomic E-state index is 0.174. The van der Waals surface area contributed by atoms with Crippen LogP contribution >= 0.6 is 0 Å². The molecule has 4 heteroatoms. The van der Waals surface area contributed by atoms with Crippen molar-refractivity contribution in [3.8, 4) is 11.6 Å². The van der Waals surface area contributed by atoms with Crippen molar-refractivity contribution in [1.29, 1.82) is 0 Å². The molecule has 0 fully saturated rings. The van der Waals surface area contributed by atoms with Gasteiger partial charge in [-0.3, -0.25) is 4.98 Å². The number of rotatable bonds is 5. The second-order valence-electron chi connectivity index (χ2n) is 5.38. The van der Waals surface area contributed by atoms with Gasteiger partial charge in [-0.25, -0.2) is 4.98 Å². The fourth-order valence-electron chi connectivity index (χ4n) is 1.87. The summed E-state index contributed by atoms with van der Waals surface area (Å²) in [6.07, 6.45) is 4.31. The summed E-state index contributed by atoms with van der Waals surface area (Å²) in [5.74, 6) is 1.22. The van der Waals surface area contributed by atoms with Crippen LogP contribution in [0.2, 0.25) is 0 Å². The zero-order chi connectivity index (χ0) is 14.6. The van der Waals surface area contributed by atoms with E-state index in [0.717, 1.165) is 12.2 Å². The third-order valence-corrected chi connectivity index (χ3v) is 3.66. The summed E-state index contributed by atoms with van der Waals surface area (Å²) in [6, 6.07) is 8.11. The SMILES string of the molecule is CCC(C)(C)c1ccc(Oc2nccnc2CN)cc1. The summed E-state index contributed by atoms with van der Waals surface area (Å²) in [5, 5.41) is 0. The predicted molar refractivity (Wildman–Crippen MR) is 79.8 cm³/mol. The zero-order valence-corrected chi connectivity index (χ0v) is 12.3. The van der Waals surface area contributed by atoms with Gasteiger partial charge < -0.3 is 10.5 Å². The van der Waals surface area contributed by atoms with Gasteiger partial charge in [-0.1, -0.05) is 32.9 Å². The molecule has 0 spiro atoms. The third-order valence-electron chi connectivity index (χ3n) is 3.66. The quantitative estimate of drug-likeness (QED) is 0.905. The molecule has 2 aromatic rings. The van der Waals surface area contributed by atoms with Gasteiger partial charge >= 0.3 is 0 Å². The largest absolute Gasteiger partial charge is 0.437 e. The van der Waals surface area contributed by atoms with Crippen LogP contribution in [0.25, 0.3) is 0 Å². The van der Waals surface area contributed by atoms with E-state index in [1.165, 1.54) is 5.56 Å². The minimum Gasteiger partial charge on any atom is -0.437 e. The Morgan fingerprint density at radius 3 is 2.35 bits per heavy atom. The molecule has 0 amide bonds. The van der Waals surface area contributed by atoms with E-state index in [1.807, 2.05) is 12.1 Å². The molecule has 0 aliphatic carbocycles. The molecule has 2 N–H and O–H groups in total. The van der Waals surface area contributed by atoms with Gasteiger partial charge in [-0.05, 0) is 29.5 Å². The Kier molecular flexibility index (Phi) is 4.35. The summed E-state index contributed by atoms with van der Waals surface area (Å²) in [5.41, 5.74) is 7.75. The number of nitrogens with zero attached hydrogens (tertiary/aromatic N) is 2. The van der Waals surface area contributed by atoms with E-state index in [1.54, 1.807) is 12.4 Å². The van der Waals surface area contributed by atoms with Crippen molar-refractivity contribution >= 4 is 0 Å². The molecule has 4 nitrogen and oxygen atoms in total. The molecule has 0 aliphatic rings. The fourth-order valence-corrected chi connectivity index (χ4v) is 1.87. The Bertz CT molecular complexity index is 564. The van der Waals surface area contributed by atoms with Gasteiger partial charge in [0.15, 0.2) is 0 Å². The summed E-state index contributed by atoms with van der Waals surface area (Å²) in [7, 11) is 0. The number of ether oxygens (including phenoxy) is 1. The normalized spacial score (nSPS) is 11.4. The lowest BCUT2D eigenvalue weighted by atomic mass is 9.82. The van der Waals surface area contributed by atoms with E-state index in [-0.39, 0.29) is 5.41 Å². The maximum atomic E-state index is 5.75. The van der Waals surface area contributed by atoms with Gasteiger partial charge in [0.2, 0.25) is 5.88 Å². The lowest BCUT2D eigenvalue weighted by molar-refractivity contribution is 0.450. The molecular weight excluding hydrogens is 250 g/mol. The van der Waals surface area contributed by atoms with E-state index in [0.29, 0.717) is 18.1 Å². The Labute approximate surface area is 120 Å². The highest BCUT2D eigenvalue weighted by molar-refractivity contribution is 5.34. The maximum Gasteiger partial charge on any atom is 0.242 e. The van der Waals surface area contributed by atoms with Crippen molar-refractivity contribution in [2.75, 3.05) is 0 Å². The second kappa shape index (κ2) is 6.01. The van der Waals surface area contributed by atoms with Crippen LogP contribution in [0, 0.1) is 0 Å². The summed E-state index contributed by atoms with van der Waals surface area (Å²) < 4.78 is 5.75. The van der Waals surface area contributed by atoms with Crippen molar-refractivity contribution in [3.63, 3.8) is 0 Å². The van der Waals surface area contributed by atoms with Crippen molar-refractivity contribution in [1.82, 2.24) is 9.97 Å². The third kappa shape index (κ3) is 3.14. The van der Waals surface area contributed by atoms with Gasteiger partial charge in [-0.15, -0.1) is 0 Å². The van der Waals surface area contributed by atoms with Gasteiger partial charge in [-0.2, -0.15) is 0 Å². The van der Waals surface area contributed by atoms with Crippen molar-refractivity contribution in [3.05, 3.63) is 47.9 Å². The van der Waals surface area contributed by atoms with Crippen LogP contribution in [-0.2, 0) is 12.0 Å². The van der Waals surface area contributed by atoms with E-state index in [9.17, 15) is 0 Å². The van der Waals surface area contributed by atoms with Gasteiger partial charge in [0.1, 0.15) is 11.4 Å². The van der Waals surface area contributed by atoms with Gasteiger partial charge in [0, 0.05) is 18.9 Å². The first-order valence-electron chi connectivity index (χ1n) is 6.85. The lowest BCUT2D eigenvalue weighted by Gasteiger charge is -2.23. The van der Waals surface area contributed by atoms with Crippen LogP contribution in [0.15, 0.2) is 36.7 Å². The lowest BCUT2D eigenvalue weighted by Crippen LogP contribution is -2.14. The van der Waals surface area contributed by atoms with Crippen LogP contribution in [-0.4, -0.2) is 9.97 Å². The van der Waals surface area contributed by atoms with Crippen molar-refractivity contribution < 1.29 is 4.74 Å². The number of benzene rings is 1. The van der Waals surface area contributed by atoms with Crippen LogP contribution < -0.4 is 10.5 Å². The Morgan fingerprint density at radius 2 is 1.75 bits per heavy atom.